The maximum atomic E-state index is 11.1. The van der Waals surface area contributed by atoms with E-state index in [0.29, 0.717) is 11.4 Å². The minimum Gasteiger partial charge on any atom is -0.368 e. The number of pyridine rings is 1. The molecule has 1 heterocycles. The summed E-state index contributed by atoms with van der Waals surface area (Å²) in [5.41, 5.74) is 5.66. The highest BCUT2D eigenvalue weighted by Crippen LogP contribution is 2.09. The normalized spacial score (nSPS) is 10.1. The monoisotopic (exact) mass is 222 g/mol. The number of anilines is 1. The van der Waals surface area contributed by atoms with Crippen LogP contribution >= 0.6 is 0 Å². The Kier molecular flexibility index (Phi) is 5.28. The molecule has 0 saturated carbocycles. The fraction of sp³-hybridized carbons (Fsp3) is 0.455. The summed E-state index contributed by atoms with van der Waals surface area (Å²) in [5, 5.41) is 6.33. The highest BCUT2D eigenvalue weighted by Gasteiger charge is 2.07. The lowest BCUT2D eigenvalue weighted by Gasteiger charge is -2.08. The van der Waals surface area contributed by atoms with Crippen LogP contribution in [-0.2, 0) is 0 Å². The summed E-state index contributed by atoms with van der Waals surface area (Å²) in [7, 11) is 0. The predicted molar refractivity (Wildman–Crippen MR) is 64.4 cm³/mol. The zero-order valence-corrected chi connectivity index (χ0v) is 9.49. The fourth-order valence-electron chi connectivity index (χ4n) is 1.32. The summed E-state index contributed by atoms with van der Waals surface area (Å²) in [5.74, 6) is 0.0883. The van der Waals surface area contributed by atoms with Gasteiger partial charge in [0.15, 0.2) is 0 Å². The summed E-state index contributed by atoms with van der Waals surface area (Å²) in [6.45, 7) is 4.66. The zero-order chi connectivity index (χ0) is 11.8. The van der Waals surface area contributed by atoms with Gasteiger partial charge in [0.05, 0.1) is 5.56 Å². The number of amides is 1. The van der Waals surface area contributed by atoms with Crippen LogP contribution < -0.4 is 16.4 Å². The first-order chi connectivity index (χ1) is 7.75. The van der Waals surface area contributed by atoms with Crippen LogP contribution in [0.5, 0.6) is 0 Å². The lowest BCUT2D eigenvalue weighted by Crippen LogP contribution is -2.24. The van der Waals surface area contributed by atoms with Gasteiger partial charge in [-0.15, -0.1) is 0 Å². The van der Waals surface area contributed by atoms with Gasteiger partial charge in [-0.05, 0) is 25.1 Å². The van der Waals surface area contributed by atoms with Crippen LogP contribution in [-0.4, -0.2) is 30.5 Å². The largest absolute Gasteiger partial charge is 0.368 e. The van der Waals surface area contributed by atoms with Crippen molar-refractivity contribution in [3.8, 4) is 0 Å². The molecule has 0 aliphatic heterocycles. The second-order valence-electron chi connectivity index (χ2n) is 3.44. The van der Waals surface area contributed by atoms with Gasteiger partial charge in [-0.2, -0.15) is 0 Å². The average Bonchev–Trinajstić information content (AvgIpc) is 2.29. The Labute approximate surface area is 95.4 Å². The minimum atomic E-state index is -0.461. The van der Waals surface area contributed by atoms with Gasteiger partial charge >= 0.3 is 0 Å². The van der Waals surface area contributed by atoms with Crippen molar-refractivity contribution in [2.45, 2.75) is 13.3 Å². The third kappa shape index (κ3) is 3.86. The molecule has 0 atom stereocenters. The molecule has 0 aromatic carbocycles. The second kappa shape index (κ2) is 6.79. The number of rotatable bonds is 7. The smallest absolute Gasteiger partial charge is 0.252 e. The lowest BCUT2D eigenvalue weighted by atomic mass is 10.2. The molecule has 1 rings (SSSR count). The summed E-state index contributed by atoms with van der Waals surface area (Å²) in [6.07, 6.45) is 2.74. The van der Waals surface area contributed by atoms with E-state index in [9.17, 15) is 4.79 Å². The Balaban J connectivity index is 2.44. The molecule has 88 valence electrons. The number of nitrogens with one attached hydrogen (secondary N) is 2. The van der Waals surface area contributed by atoms with Crippen molar-refractivity contribution in [2.75, 3.05) is 25.0 Å². The molecule has 1 amide bonds. The number of carbonyl (C=O) groups is 1. The number of carbonyl (C=O) groups excluding carboxylic acids is 1. The number of nitrogens with zero attached hydrogens (tertiary/aromatic N) is 1. The standard InChI is InChI=1S/C11H18N4O/c1-2-5-13-7-8-15-11-9(10(12)16)4-3-6-14-11/h3-4,6,13H,2,5,7-8H2,1H3,(H2,12,16)(H,14,15). The van der Waals surface area contributed by atoms with Crippen LogP contribution in [0.2, 0.25) is 0 Å². The first kappa shape index (κ1) is 12.4. The van der Waals surface area contributed by atoms with E-state index < -0.39 is 5.91 Å². The van der Waals surface area contributed by atoms with Gasteiger partial charge in [-0.25, -0.2) is 4.98 Å². The summed E-state index contributed by atoms with van der Waals surface area (Å²) in [6, 6.07) is 3.36. The molecule has 0 aliphatic rings. The van der Waals surface area contributed by atoms with E-state index >= 15 is 0 Å². The Morgan fingerprint density at radius 2 is 2.25 bits per heavy atom. The molecular formula is C11H18N4O. The van der Waals surface area contributed by atoms with Crippen LogP contribution in [0, 0.1) is 0 Å². The van der Waals surface area contributed by atoms with E-state index in [0.717, 1.165) is 26.1 Å². The maximum absolute atomic E-state index is 11.1. The van der Waals surface area contributed by atoms with Crippen molar-refractivity contribution in [1.82, 2.24) is 10.3 Å². The van der Waals surface area contributed by atoms with Crippen molar-refractivity contribution in [3.63, 3.8) is 0 Å². The van der Waals surface area contributed by atoms with E-state index in [-0.39, 0.29) is 0 Å². The van der Waals surface area contributed by atoms with Gasteiger partial charge in [0.25, 0.3) is 5.91 Å². The van der Waals surface area contributed by atoms with Gasteiger partial charge in [-0.3, -0.25) is 4.79 Å². The molecule has 1 aromatic heterocycles. The van der Waals surface area contributed by atoms with Crippen LogP contribution in [0.1, 0.15) is 23.7 Å². The van der Waals surface area contributed by atoms with Crippen molar-refractivity contribution in [2.24, 2.45) is 5.73 Å². The van der Waals surface area contributed by atoms with Gasteiger partial charge in [0, 0.05) is 19.3 Å². The molecule has 0 fully saturated rings. The molecule has 16 heavy (non-hydrogen) atoms. The average molecular weight is 222 g/mol. The first-order valence-corrected chi connectivity index (χ1v) is 5.45. The molecular weight excluding hydrogens is 204 g/mol. The highest BCUT2D eigenvalue weighted by atomic mass is 16.1. The number of nitrogens with two attached hydrogens (primary N) is 1. The Hall–Kier alpha value is -1.62. The molecule has 5 heteroatoms. The van der Waals surface area contributed by atoms with E-state index in [2.05, 4.69) is 22.5 Å². The maximum Gasteiger partial charge on any atom is 0.252 e. The highest BCUT2D eigenvalue weighted by molar-refractivity contribution is 5.97. The second-order valence-corrected chi connectivity index (χ2v) is 3.44. The third-order valence-electron chi connectivity index (χ3n) is 2.09. The molecule has 0 unspecified atom stereocenters. The van der Waals surface area contributed by atoms with E-state index in [1.807, 2.05) is 0 Å². The van der Waals surface area contributed by atoms with Crippen molar-refractivity contribution < 1.29 is 4.79 Å². The van der Waals surface area contributed by atoms with Gasteiger partial charge in [-0.1, -0.05) is 6.92 Å². The molecule has 0 aliphatic carbocycles. The number of aromatic nitrogens is 1. The van der Waals surface area contributed by atoms with E-state index in [1.165, 1.54) is 0 Å². The summed E-state index contributed by atoms with van der Waals surface area (Å²) >= 11 is 0. The van der Waals surface area contributed by atoms with Crippen molar-refractivity contribution >= 4 is 11.7 Å². The Morgan fingerprint density at radius 1 is 1.44 bits per heavy atom. The number of primary amides is 1. The van der Waals surface area contributed by atoms with Crippen LogP contribution in [0.25, 0.3) is 0 Å². The Bertz CT molecular complexity index is 341. The fourth-order valence-corrected chi connectivity index (χ4v) is 1.32. The van der Waals surface area contributed by atoms with Gasteiger partial charge in [0.2, 0.25) is 0 Å². The topological polar surface area (TPSA) is 80.0 Å². The van der Waals surface area contributed by atoms with Gasteiger partial charge in [0.1, 0.15) is 5.82 Å². The minimum absolute atomic E-state index is 0.429. The van der Waals surface area contributed by atoms with E-state index in [4.69, 9.17) is 5.73 Å². The SMILES string of the molecule is CCCNCCNc1ncccc1C(N)=O. The van der Waals surface area contributed by atoms with E-state index in [1.54, 1.807) is 18.3 Å². The van der Waals surface area contributed by atoms with Crippen molar-refractivity contribution in [1.29, 1.82) is 0 Å². The molecule has 5 nitrogen and oxygen atoms in total. The number of hydrogen-bond acceptors (Lipinski definition) is 4. The molecule has 1 aromatic rings. The molecule has 4 N–H and O–H groups in total. The van der Waals surface area contributed by atoms with Crippen LogP contribution in [0.4, 0.5) is 5.82 Å². The summed E-state index contributed by atoms with van der Waals surface area (Å²) < 4.78 is 0. The molecule has 0 spiro atoms. The third-order valence-corrected chi connectivity index (χ3v) is 2.09. The quantitative estimate of drug-likeness (QED) is 0.590. The van der Waals surface area contributed by atoms with Gasteiger partial charge < -0.3 is 16.4 Å². The molecule has 0 bridgehead atoms. The lowest BCUT2D eigenvalue weighted by molar-refractivity contribution is 0.100. The van der Waals surface area contributed by atoms with Crippen LogP contribution in [0.3, 0.4) is 0 Å². The molecule has 0 radical (unpaired) electrons. The predicted octanol–water partition coefficient (Wildman–Crippen LogP) is 0.592. The number of hydrogen-bond donors (Lipinski definition) is 3. The zero-order valence-electron chi connectivity index (χ0n) is 9.49. The van der Waals surface area contributed by atoms with Crippen molar-refractivity contribution in [3.05, 3.63) is 23.9 Å². The first-order valence-electron chi connectivity index (χ1n) is 5.45. The summed E-state index contributed by atoms with van der Waals surface area (Å²) in [4.78, 5) is 15.2. The van der Waals surface area contributed by atoms with Crippen LogP contribution in [0.15, 0.2) is 18.3 Å². The Morgan fingerprint density at radius 3 is 2.94 bits per heavy atom. The molecule has 0 saturated heterocycles.